The van der Waals surface area contributed by atoms with E-state index in [9.17, 15) is 0 Å². The van der Waals surface area contributed by atoms with Crippen LogP contribution in [0, 0.1) is 10.1 Å². The van der Waals surface area contributed by atoms with Crippen LogP contribution in [0.3, 0.4) is 0 Å². The topological polar surface area (TPSA) is 99.7 Å². The third-order valence-electron chi connectivity index (χ3n) is 3.70. The van der Waals surface area contributed by atoms with Crippen LogP contribution in [0.25, 0.3) is 0 Å². The predicted octanol–water partition coefficient (Wildman–Crippen LogP) is 5.16. The molecule has 0 spiro atoms. The van der Waals surface area contributed by atoms with Crippen molar-refractivity contribution in [3.63, 3.8) is 0 Å². The van der Waals surface area contributed by atoms with Gasteiger partial charge in [-0.15, -0.1) is 10.1 Å². The fraction of sp³-hybridized carbons (Fsp3) is 0.211. The molecule has 8 nitrogen and oxygen atoms in total. The number of imidazole rings is 1. The summed E-state index contributed by atoms with van der Waals surface area (Å²) in [5.74, 6) is 0.644. The van der Waals surface area contributed by atoms with Gasteiger partial charge in [-0.25, -0.2) is 4.98 Å². The minimum atomic E-state index is -1.50. The molecule has 2 aromatic carbocycles. The molecule has 1 aromatic heterocycles. The maximum atomic E-state index is 8.36. The third kappa shape index (κ3) is 8.87. The molecule has 0 fully saturated rings. The van der Waals surface area contributed by atoms with E-state index in [1.807, 2.05) is 35.0 Å². The van der Waals surface area contributed by atoms with Crippen LogP contribution in [0.5, 0.6) is 5.75 Å². The number of aromatic nitrogens is 2. The highest BCUT2D eigenvalue weighted by atomic mass is 35.5. The van der Waals surface area contributed by atoms with E-state index in [0.717, 1.165) is 5.56 Å². The van der Waals surface area contributed by atoms with Crippen LogP contribution in [0.4, 0.5) is 0 Å². The monoisotopic (exact) mass is 473 g/mol. The van der Waals surface area contributed by atoms with E-state index in [-0.39, 0.29) is 6.10 Å². The largest absolute Gasteiger partial charge is 0.491 e. The van der Waals surface area contributed by atoms with E-state index in [1.54, 1.807) is 30.7 Å². The minimum Gasteiger partial charge on any atom is -0.491 e. The van der Waals surface area contributed by atoms with Crippen LogP contribution in [0.15, 0.2) is 61.2 Å². The molecule has 0 aliphatic heterocycles. The second-order valence-corrected chi connectivity index (χ2v) is 7.19. The molecule has 0 amide bonds. The molecule has 1 atom stereocenters. The summed E-state index contributed by atoms with van der Waals surface area (Å²) in [6.07, 6.45) is 5.19. The van der Waals surface area contributed by atoms with Gasteiger partial charge in [0.25, 0.3) is 5.09 Å². The van der Waals surface area contributed by atoms with Crippen LogP contribution >= 0.6 is 34.8 Å². The molecule has 160 valence electrons. The van der Waals surface area contributed by atoms with Crippen LogP contribution in [-0.2, 0) is 17.9 Å². The summed E-state index contributed by atoms with van der Waals surface area (Å²) < 4.78 is 13.8. The van der Waals surface area contributed by atoms with Crippen LogP contribution in [-0.4, -0.2) is 32.6 Å². The number of hydrogen-bond acceptors (Lipinski definition) is 5. The van der Waals surface area contributed by atoms with Crippen LogP contribution in [0.1, 0.15) is 5.56 Å². The van der Waals surface area contributed by atoms with Gasteiger partial charge in [-0.2, -0.15) is 0 Å². The van der Waals surface area contributed by atoms with Gasteiger partial charge in [-0.05, 0) is 29.8 Å². The van der Waals surface area contributed by atoms with Gasteiger partial charge < -0.3 is 19.2 Å². The highest BCUT2D eigenvalue weighted by Gasteiger charge is 2.13. The third-order valence-corrected chi connectivity index (χ3v) is 4.69. The second kappa shape index (κ2) is 12.2. The molecule has 11 heteroatoms. The molecule has 0 saturated carbocycles. The number of nitrogens with zero attached hydrogens (tertiary/aromatic N) is 3. The van der Waals surface area contributed by atoms with Crippen molar-refractivity contribution in [2.45, 2.75) is 19.3 Å². The summed E-state index contributed by atoms with van der Waals surface area (Å²) in [6, 6.07) is 12.7. The van der Waals surface area contributed by atoms with Gasteiger partial charge in [0.15, 0.2) is 0 Å². The maximum absolute atomic E-state index is 8.36. The number of hydrogen-bond donors (Lipinski definition) is 1. The van der Waals surface area contributed by atoms with E-state index in [2.05, 4.69) is 4.98 Å². The zero-order valence-electron chi connectivity index (χ0n) is 15.5. The van der Waals surface area contributed by atoms with E-state index in [1.165, 1.54) is 0 Å². The lowest BCUT2D eigenvalue weighted by Crippen LogP contribution is -2.26. The summed E-state index contributed by atoms with van der Waals surface area (Å²) in [7, 11) is 0. The first-order valence-corrected chi connectivity index (χ1v) is 9.69. The van der Waals surface area contributed by atoms with Gasteiger partial charge in [0.2, 0.25) is 0 Å². The van der Waals surface area contributed by atoms with E-state index in [4.69, 9.17) is 59.6 Å². The lowest BCUT2D eigenvalue weighted by Gasteiger charge is -2.19. The zero-order valence-corrected chi connectivity index (χ0v) is 17.8. The van der Waals surface area contributed by atoms with Crippen molar-refractivity contribution in [3.8, 4) is 5.75 Å². The normalized spacial score (nSPS) is 11.3. The maximum Gasteiger partial charge on any atom is 0.291 e. The van der Waals surface area contributed by atoms with Crippen molar-refractivity contribution in [3.05, 3.63) is 91.9 Å². The highest BCUT2D eigenvalue weighted by molar-refractivity contribution is 6.42. The standard InChI is InChI=1S/C19H17Cl3N2O2.HNO3/c20-15-3-1-14(2-4-15)11-25-17(10-24-8-7-23-13-24)12-26-16-5-6-18(21)19(22)9-16;2-1(3)4/h1-9,13,17H,10-12H2;(H,2,3,4). The Labute approximate surface area is 187 Å². The van der Waals surface area contributed by atoms with Crippen molar-refractivity contribution in [2.24, 2.45) is 0 Å². The highest BCUT2D eigenvalue weighted by Crippen LogP contribution is 2.26. The van der Waals surface area contributed by atoms with E-state index >= 15 is 0 Å². The average Bonchev–Trinajstić information content (AvgIpc) is 3.20. The van der Waals surface area contributed by atoms with E-state index in [0.29, 0.717) is 40.6 Å². The molecule has 0 aliphatic rings. The Bertz CT molecular complexity index is 920. The molecule has 1 heterocycles. The van der Waals surface area contributed by atoms with Crippen molar-refractivity contribution >= 4 is 34.8 Å². The van der Waals surface area contributed by atoms with Gasteiger partial charge in [-0.3, -0.25) is 0 Å². The summed E-state index contributed by atoms with van der Waals surface area (Å²) in [5, 5.41) is 15.3. The number of rotatable bonds is 8. The summed E-state index contributed by atoms with van der Waals surface area (Å²) >= 11 is 17.9. The van der Waals surface area contributed by atoms with Crippen molar-refractivity contribution in [2.75, 3.05) is 6.61 Å². The Hall–Kier alpha value is -2.52. The lowest BCUT2D eigenvalue weighted by molar-refractivity contribution is -0.742. The first-order chi connectivity index (χ1) is 14.3. The van der Waals surface area contributed by atoms with Crippen LogP contribution < -0.4 is 4.74 Å². The summed E-state index contributed by atoms with van der Waals surface area (Å²) in [4.78, 5) is 12.4. The van der Waals surface area contributed by atoms with Gasteiger partial charge >= 0.3 is 0 Å². The van der Waals surface area contributed by atoms with Gasteiger partial charge in [0.1, 0.15) is 18.5 Å². The lowest BCUT2D eigenvalue weighted by atomic mass is 10.2. The van der Waals surface area contributed by atoms with Crippen LogP contribution in [0.2, 0.25) is 15.1 Å². The molecular formula is C19H18Cl3N3O5. The SMILES string of the molecule is Clc1ccc(COC(COc2ccc(Cl)c(Cl)c2)Cn2ccnc2)cc1.O=[N+]([O-])O. The predicted molar refractivity (Wildman–Crippen MR) is 113 cm³/mol. The van der Waals surface area contributed by atoms with Crippen molar-refractivity contribution < 1.29 is 19.8 Å². The number of benzene rings is 2. The molecule has 1 N–H and O–H groups in total. The Balaban J connectivity index is 0.000000735. The fourth-order valence-corrected chi connectivity index (χ4v) is 2.75. The average molecular weight is 475 g/mol. The Morgan fingerprint density at radius 1 is 1.13 bits per heavy atom. The molecule has 0 bridgehead atoms. The molecule has 3 rings (SSSR count). The Kier molecular flexibility index (Phi) is 9.69. The summed E-state index contributed by atoms with van der Waals surface area (Å²) in [6.45, 7) is 1.44. The van der Waals surface area contributed by atoms with Gasteiger partial charge in [0.05, 0.1) is 29.5 Å². The quantitative estimate of drug-likeness (QED) is 0.357. The van der Waals surface area contributed by atoms with E-state index < -0.39 is 5.09 Å². The number of halogens is 3. The zero-order chi connectivity index (χ0) is 21.9. The molecule has 0 radical (unpaired) electrons. The smallest absolute Gasteiger partial charge is 0.291 e. The van der Waals surface area contributed by atoms with Crippen molar-refractivity contribution in [1.29, 1.82) is 0 Å². The molecule has 0 aliphatic carbocycles. The Morgan fingerprint density at radius 2 is 1.83 bits per heavy atom. The molecule has 3 aromatic rings. The van der Waals surface area contributed by atoms with Crippen molar-refractivity contribution in [1.82, 2.24) is 9.55 Å². The molecule has 1 unspecified atom stereocenters. The molecular weight excluding hydrogens is 457 g/mol. The first-order valence-electron chi connectivity index (χ1n) is 8.56. The second-order valence-electron chi connectivity index (χ2n) is 5.94. The number of ether oxygens (including phenoxy) is 2. The molecule has 30 heavy (non-hydrogen) atoms. The minimum absolute atomic E-state index is 0.172. The molecule has 0 saturated heterocycles. The Morgan fingerprint density at radius 3 is 2.43 bits per heavy atom. The van der Waals surface area contributed by atoms with Gasteiger partial charge in [0, 0.05) is 23.5 Å². The summed E-state index contributed by atoms with van der Waals surface area (Å²) in [5.41, 5.74) is 1.04. The van der Waals surface area contributed by atoms with Gasteiger partial charge in [-0.1, -0.05) is 46.9 Å². The first kappa shape index (κ1) is 23.8. The fourth-order valence-electron chi connectivity index (χ4n) is 2.33.